The maximum Gasteiger partial charge on any atom is 0.387 e. The first-order valence-electron chi connectivity index (χ1n) is 9.64. The Labute approximate surface area is 171 Å². The molecule has 0 N–H and O–H groups in total. The zero-order valence-electron chi connectivity index (χ0n) is 16.0. The van der Waals surface area contributed by atoms with E-state index < -0.39 is 12.4 Å². The number of halogens is 3. The second-order valence-corrected chi connectivity index (χ2v) is 7.14. The molecule has 1 aromatic heterocycles. The molecule has 2 aromatic rings. The van der Waals surface area contributed by atoms with Crippen molar-refractivity contribution in [1.29, 1.82) is 0 Å². The lowest BCUT2D eigenvalue weighted by molar-refractivity contribution is -0.138. The zero-order chi connectivity index (χ0) is 21.1. The molecule has 30 heavy (non-hydrogen) atoms. The quantitative estimate of drug-likeness (QED) is 0.743. The molecule has 1 unspecified atom stereocenters. The van der Waals surface area contributed by atoms with E-state index in [2.05, 4.69) is 19.8 Å². The van der Waals surface area contributed by atoms with E-state index in [0.717, 1.165) is 18.0 Å². The summed E-state index contributed by atoms with van der Waals surface area (Å²) in [7, 11) is 0. The smallest absolute Gasteiger partial charge is 0.387 e. The lowest BCUT2D eigenvalue weighted by Crippen LogP contribution is -2.41. The maximum absolute atomic E-state index is 13.1. The number of aromatic nitrogens is 2. The fourth-order valence-corrected chi connectivity index (χ4v) is 3.76. The summed E-state index contributed by atoms with van der Waals surface area (Å²) in [5, 5.41) is 5.74. The van der Waals surface area contributed by atoms with Gasteiger partial charge in [0.25, 0.3) is 0 Å². The number of piperidine rings is 1. The van der Waals surface area contributed by atoms with Crippen molar-refractivity contribution in [3.8, 4) is 5.75 Å². The third-order valence-corrected chi connectivity index (χ3v) is 5.28. The van der Waals surface area contributed by atoms with Gasteiger partial charge in [0, 0.05) is 31.6 Å². The molecule has 2 aliphatic heterocycles. The molecule has 3 heterocycles. The first-order chi connectivity index (χ1) is 14.5. The van der Waals surface area contributed by atoms with Crippen LogP contribution in [0.5, 0.6) is 5.75 Å². The van der Waals surface area contributed by atoms with Crippen LogP contribution in [0.3, 0.4) is 0 Å². The predicted molar refractivity (Wildman–Crippen MR) is 103 cm³/mol. The van der Waals surface area contributed by atoms with Crippen molar-refractivity contribution in [3.63, 3.8) is 0 Å². The summed E-state index contributed by atoms with van der Waals surface area (Å²) < 4.78 is 42.0. The molecule has 1 fully saturated rings. The predicted octanol–water partition coefficient (Wildman–Crippen LogP) is 3.39. The minimum Gasteiger partial charge on any atom is -0.435 e. The van der Waals surface area contributed by atoms with Gasteiger partial charge in [-0.2, -0.15) is 13.9 Å². The first-order valence-corrected chi connectivity index (χ1v) is 9.64. The number of hydrazone groups is 1. The summed E-state index contributed by atoms with van der Waals surface area (Å²) in [6.07, 6.45) is 5.72. The van der Waals surface area contributed by atoms with Gasteiger partial charge in [0.05, 0.1) is 18.4 Å². The largest absolute Gasteiger partial charge is 0.435 e. The average Bonchev–Trinajstić information content (AvgIpc) is 3.24. The van der Waals surface area contributed by atoms with Crippen molar-refractivity contribution in [2.24, 2.45) is 11.0 Å². The van der Waals surface area contributed by atoms with E-state index in [9.17, 15) is 18.0 Å². The Morgan fingerprint density at radius 1 is 1.10 bits per heavy atom. The molecule has 0 bridgehead atoms. The maximum atomic E-state index is 13.1. The molecule has 0 spiro atoms. The first kappa shape index (κ1) is 20.1. The molecule has 1 aromatic carbocycles. The monoisotopic (exact) mass is 419 g/mol. The minimum atomic E-state index is -2.88. The van der Waals surface area contributed by atoms with Gasteiger partial charge in [0.15, 0.2) is 5.82 Å². The molecular weight excluding hydrogens is 399 g/mol. The highest BCUT2D eigenvalue weighted by molar-refractivity contribution is 5.82. The number of carbonyl (C=O) groups excluding carboxylic acids is 1. The number of anilines is 1. The van der Waals surface area contributed by atoms with Gasteiger partial charge < -0.3 is 9.64 Å². The third-order valence-electron chi connectivity index (χ3n) is 5.28. The highest BCUT2D eigenvalue weighted by Gasteiger charge is 2.35. The summed E-state index contributed by atoms with van der Waals surface area (Å²) in [5.41, 5.74) is 0.805. The Morgan fingerprint density at radius 2 is 1.77 bits per heavy atom. The highest BCUT2D eigenvalue weighted by atomic mass is 19.3. The van der Waals surface area contributed by atoms with Crippen molar-refractivity contribution < 1.29 is 22.7 Å². The van der Waals surface area contributed by atoms with Gasteiger partial charge in [0.1, 0.15) is 5.75 Å². The van der Waals surface area contributed by atoms with Gasteiger partial charge in [-0.15, -0.1) is 0 Å². The number of ether oxygens (including phenoxy) is 1. The van der Waals surface area contributed by atoms with E-state index in [1.165, 1.54) is 17.1 Å². The summed E-state index contributed by atoms with van der Waals surface area (Å²) in [5.74, 6) is -0.232. The van der Waals surface area contributed by atoms with Crippen LogP contribution in [-0.4, -0.2) is 46.8 Å². The number of alkyl halides is 2. The van der Waals surface area contributed by atoms with Crippen molar-refractivity contribution in [2.75, 3.05) is 18.0 Å². The van der Waals surface area contributed by atoms with Gasteiger partial charge in [-0.05, 0) is 30.5 Å². The molecule has 2 aliphatic rings. The van der Waals surface area contributed by atoms with Gasteiger partial charge in [0.2, 0.25) is 11.9 Å². The second kappa shape index (κ2) is 8.68. The van der Waals surface area contributed by atoms with Crippen LogP contribution in [0.4, 0.5) is 19.1 Å². The van der Waals surface area contributed by atoms with Crippen molar-refractivity contribution in [1.82, 2.24) is 15.0 Å². The van der Waals surface area contributed by atoms with Gasteiger partial charge in [-0.25, -0.2) is 19.4 Å². The van der Waals surface area contributed by atoms with Crippen molar-refractivity contribution in [2.45, 2.75) is 31.9 Å². The van der Waals surface area contributed by atoms with Crippen LogP contribution in [0.15, 0.2) is 41.8 Å². The van der Waals surface area contributed by atoms with E-state index in [-0.39, 0.29) is 23.6 Å². The molecule has 10 heteroatoms. The van der Waals surface area contributed by atoms with Gasteiger partial charge >= 0.3 is 6.61 Å². The highest BCUT2D eigenvalue weighted by Crippen LogP contribution is 2.33. The van der Waals surface area contributed by atoms with Crippen LogP contribution in [0, 0.1) is 11.7 Å². The van der Waals surface area contributed by atoms with Gasteiger partial charge in [-0.3, -0.25) is 4.79 Å². The second-order valence-electron chi connectivity index (χ2n) is 7.14. The van der Waals surface area contributed by atoms with E-state index in [0.29, 0.717) is 38.3 Å². The molecular formula is C20H20F3N5O2. The van der Waals surface area contributed by atoms with E-state index in [1.54, 1.807) is 18.3 Å². The van der Waals surface area contributed by atoms with E-state index >= 15 is 0 Å². The Kier molecular flexibility index (Phi) is 5.82. The summed E-state index contributed by atoms with van der Waals surface area (Å²) >= 11 is 0. The van der Waals surface area contributed by atoms with Crippen LogP contribution in [0.25, 0.3) is 0 Å². The number of amides is 1. The fraction of sp³-hybridized carbons (Fsp3) is 0.400. The third kappa shape index (κ3) is 4.37. The fourth-order valence-electron chi connectivity index (χ4n) is 3.76. The lowest BCUT2D eigenvalue weighted by Gasteiger charge is -2.33. The standard InChI is InChI=1S/C20H20F3N5O2/c21-15-11-24-20(25-12-15)27-9-6-14(7-10-27)18(29)28-17(5-8-26-28)13-1-3-16(4-2-13)30-19(22)23/h1-4,8,11-12,14,17,19H,5-7,9-10H2. The Balaban J connectivity index is 1.38. The number of hydrogen-bond donors (Lipinski definition) is 0. The van der Waals surface area contributed by atoms with E-state index in [4.69, 9.17) is 0 Å². The van der Waals surface area contributed by atoms with Crippen molar-refractivity contribution >= 4 is 18.1 Å². The summed E-state index contributed by atoms with van der Waals surface area (Å²) in [6.45, 7) is -1.71. The molecule has 1 amide bonds. The van der Waals surface area contributed by atoms with Crippen LogP contribution in [0.1, 0.15) is 30.9 Å². The normalized spacial score (nSPS) is 19.5. The van der Waals surface area contributed by atoms with Gasteiger partial charge in [-0.1, -0.05) is 12.1 Å². The SMILES string of the molecule is O=C(C1CCN(c2ncc(F)cn2)CC1)N1N=CCC1c1ccc(OC(F)F)cc1. The topological polar surface area (TPSA) is 70.9 Å². The zero-order valence-corrected chi connectivity index (χ0v) is 16.0. The summed E-state index contributed by atoms with van der Waals surface area (Å²) in [4.78, 5) is 23.0. The number of rotatable bonds is 5. The van der Waals surface area contributed by atoms with Crippen molar-refractivity contribution in [3.05, 3.63) is 48.0 Å². The molecule has 0 radical (unpaired) electrons. The minimum absolute atomic E-state index is 0.0682. The van der Waals surface area contributed by atoms with E-state index in [1.807, 2.05) is 4.90 Å². The number of nitrogens with zero attached hydrogens (tertiary/aromatic N) is 5. The lowest BCUT2D eigenvalue weighted by atomic mass is 9.94. The Morgan fingerprint density at radius 3 is 2.40 bits per heavy atom. The molecule has 158 valence electrons. The van der Waals surface area contributed by atoms with Crippen LogP contribution >= 0.6 is 0 Å². The van der Waals surface area contributed by atoms with Crippen LogP contribution in [-0.2, 0) is 4.79 Å². The molecule has 1 atom stereocenters. The average molecular weight is 419 g/mol. The Hall–Kier alpha value is -3.17. The number of hydrogen-bond acceptors (Lipinski definition) is 6. The van der Waals surface area contributed by atoms with Crippen LogP contribution < -0.4 is 9.64 Å². The van der Waals surface area contributed by atoms with Crippen LogP contribution in [0.2, 0.25) is 0 Å². The molecule has 7 nitrogen and oxygen atoms in total. The number of carbonyl (C=O) groups is 1. The summed E-state index contributed by atoms with van der Waals surface area (Å²) in [6, 6.07) is 6.00. The Bertz CT molecular complexity index is 900. The molecule has 4 rings (SSSR count). The number of benzene rings is 1. The molecule has 0 saturated carbocycles. The molecule has 1 saturated heterocycles. The molecule has 0 aliphatic carbocycles.